The van der Waals surface area contributed by atoms with Crippen LogP contribution >= 0.6 is 0 Å². The van der Waals surface area contributed by atoms with Crippen molar-refractivity contribution in [3.8, 4) is 34.1 Å². The van der Waals surface area contributed by atoms with Crippen LogP contribution in [0.1, 0.15) is 12.6 Å². The van der Waals surface area contributed by atoms with Crippen molar-refractivity contribution >= 4 is 0 Å². The molecule has 0 radical (unpaired) electrons. The fraction of sp³-hybridized carbons (Fsp3) is 0.176. The number of nitrogens with one attached hydrogen (secondary N) is 1. The fourth-order valence-corrected chi connectivity index (χ4v) is 2.57. The topological polar surface area (TPSA) is 60.0 Å². The average molecular weight is 293 g/mol. The van der Waals surface area contributed by atoms with E-state index in [4.69, 9.17) is 9.47 Å². The molecule has 1 aliphatic heterocycles. The maximum Gasteiger partial charge on any atom is 0.231 e. The van der Waals surface area contributed by atoms with E-state index in [-0.39, 0.29) is 6.79 Å². The van der Waals surface area contributed by atoms with Gasteiger partial charge in [0.05, 0.1) is 23.4 Å². The van der Waals surface area contributed by atoms with Crippen molar-refractivity contribution in [2.75, 3.05) is 6.79 Å². The Balaban J connectivity index is 1.79. The van der Waals surface area contributed by atoms with Gasteiger partial charge in [0, 0.05) is 11.3 Å². The smallest absolute Gasteiger partial charge is 0.231 e. The zero-order chi connectivity index (χ0) is 14.9. The summed E-state index contributed by atoms with van der Waals surface area (Å²) in [7, 11) is 0. The number of aromatic amines is 1. The van der Waals surface area contributed by atoms with Gasteiger partial charge >= 0.3 is 0 Å². The van der Waals surface area contributed by atoms with Gasteiger partial charge in [-0.25, -0.2) is 4.98 Å². The fourth-order valence-electron chi connectivity index (χ4n) is 2.57. The molecule has 0 unspecified atom stereocenters. The lowest BCUT2D eigenvalue weighted by molar-refractivity contribution is 0.174. The summed E-state index contributed by atoms with van der Waals surface area (Å²) in [4.78, 5) is 12.3. The molecule has 0 bridgehead atoms. The van der Waals surface area contributed by atoms with Gasteiger partial charge in [-0.2, -0.15) is 0 Å². The normalized spacial score (nSPS) is 12.6. The Hall–Kier alpha value is -2.82. The molecule has 0 atom stereocenters. The van der Waals surface area contributed by atoms with Crippen molar-refractivity contribution in [3.63, 3.8) is 0 Å². The van der Waals surface area contributed by atoms with Gasteiger partial charge in [-0.1, -0.05) is 13.0 Å². The third-order valence-electron chi connectivity index (χ3n) is 3.71. The predicted octanol–water partition coefficient (Wildman–Crippen LogP) is 3.43. The lowest BCUT2D eigenvalue weighted by Crippen LogP contribution is -1.93. The summed E-state index contributed by atoms with van der Waals surface area (Å²) >= 11 is 0. The molecule has 0 saturated carbocycles. The zero-order valence-electron chi connectivity index (χ0n) is 12.2. The zero-order valence-corrected chi connectivity index (χ0v) is 12.2. The Morgan fingerprint density at radius 3 is 2.95 bits per heavy atom. The molecule has 5 heteroatoms. The van der Waals surface area contributed by atoms with Gasteiger partial charge in [0.1, 0.15) is 0 Å². The van der Waals surface area contributed by atoms with Crippen LogP contribution in [0.5, 0.6) is 11.5 Å². The monoisotopic (exact) mass is 293 g/mol. The first-order valence-electron chi connectivity index (χ1n) is 7.25. The number of rotatable bonds is 3. The van der Waals surface area contributed by atoms with E-state index in [9.17, 15) is 0 Å². The second-order valence-corrected chi connectivity index (χ2v) is 5.06. The Kier molecular flexibility index (Phi) is 3.04. The average Bonchev–Trinajstić information content (AvgIpc) is 3.23. The number of fused-ring (bicyclic) bond motifs is 1. The van der Waals surface area contributed by atoms with E-state index in [1.165, 1.54) is 0 Å². The molecule has 4 rings (SSSR count). The number of benzene rings is 1. The van der Waals surface area contributed by atoms with Crippen LogP contribution in [0.3, 0.4) is 0 Å². The van der Waals surface area contributed by atoms with E-state index in [0.717, 1.165) is 46.3 Å². The Bertz CT molecular complexity index is 826. The number of H-pyrrole nitrogens is 1. The molecule has 5 nitrogen and oxygen atoms in total. The van der Waals surface area contributed by atoms with Crippen molar-refractivity contribution in [1.82, 2.24) is 15.0 Å². The summed E-state index contributed by atoms with van der Waals surface area (Å²) in [5.74, 6) is 1.52. The lowest BCUT2D eigenvalue weighted by atomic mass is 10.1. The number of hydrogen-bond acceptors (Lipinski definition) is 4. The summed E-state index contributed by atoms with van der Waals surface area (Å²) < 4.78 is 10.8. The molecule has 0 aliphatic carbocycles. The predicted molar refractivity (Wildman–Crippen MR) is 82.8 cm³/mol. The molecule has 0 saturated heterocycles. The number of hydrogen-bond donors (Lipinski definition) is 1. The number of ether oxygens (including phenoxy) is 2. The summed E-state index contributed by atoms with van der Waals surface area (Å²) in [5.41, 5.74) is 4.70. The van der Waals surface area contributed by atoms with Crippen LogP contribution in [0, 0.1) is 0 Å². The Morgan fingerprint density at radius 1 is 1.14 bits per heavy atom. The molecule has 22 heavy (non-hydrogen) atoms. The number of aryl methyl sites for hydroxylation is 1. The van der Waals surface area contributed by atoms with Gasteiger partial charge in [-0.15, -0.1) is 0 Å². The minimum absolute atomic E-state index is 0.270. The van der Waals surface area contributed by atoms with Crippen LogP contribution in [0.2, 0.25) is 0 Å². The van der Waals surface area contributed by atoms with E-state index in [0.29, 0.717) is 0 Å². The first-order chi connectivity index (χ1) is 10.8. The highest BCUT2D eigenvalue weighted by Gasteiger charge is 2.17. The second kappa shape index (κ2) is 5.18. The van der Waals surface area contributed by atoms with E-state index >= 15 is 0 Å². The van der Waals surface area contributed by atoms with Crippen molar-refractivity contribution < 1.29 is 9.47 Å². The minimum Gasteiger partial charge on any atom is -0.454 e. The van der Waals surface area contributed by atoms with Crippen molar-refractivity contribution in [2.24, 2.45) is 0 Å². The number of nitrogens with zero attached hydrogens (tertiary/aromatic N) is 2. The Morgan fingerprint density at radius 2 is 2.05 bits per heavy atom. The van der Waals surface area contributed by atoms with E-state index in [1.54, 1.807) is 6.33 Å². The third kappa shape index (κ3) is 2.11. The highest BCUT2D eigenvalue weighted by Crippen LogP contribution is 2.37. The second-order valence-electron chi connectivity index (χ2n) is 5.06. The first-order valence-corrected chi connectivity index (χ1v) is 7.25. The molecule has 110 valence electrons. The molecule has 1 aromatic carbocycles. The van der Waals surface area contributed by atoms with E-state index < -0.39 is 0 Å². The standard InChI is InChI=1S/C17H15N3O2/c1-2-12-4-3-5-13(20-12)17-16(18-9-19-17)11-6-7-14-15(8-11)22-10-21-14/h3-9H,2,10H2,1H3,(H,18,19). The van der Waals surface area contributed by atoms with Crippen LogP contribution in [0.25, 0.3) is 22.6 Å². The van der Waals surface area contributed by atoms with E-state index in [2.05, 4.69) is 21.9 Å². The van der Waals surface area contributed by atoms with Crippen molar-refractivity contribution in [3.05, 3.63) is 48.4 Å². The number of pyridine rings is 1. The maximum absolute atomic E-state index is 5.44. The number of aromatic nitrogens is 3. The van der Waals surface area contributed by atoms with Gasteiger partial charge < -0.3 is 14.5 Å². The summed E-state index contributed by atoms with van der Waals surface area (Å²) in [6, 6.07) is 11.9. The lowest BCUT2D eigenvalue weighted by Gasteiger charge is -2.05. The Labute approximate surface area is 128 Å². The summed E-state index contributed by atoms with van der Waals surface area (Å²) in [6.07, 6.45) is 2.59. The summed E-state index contributed by atoms with van der Waals surface area (Å²) in [6.45, 7) is 2.37. The molecule has 0 amide bonds. The molecule has 2 aromatic heterocycles. The van der Waals surface area contributed by atoms with Crippen molar-refractivity contribution in [1.29, 1.82) is 0 Å². The number of imidazole rings is 1. The maximum atomic E-state index is 5.44. The minimum atomic E-state index is 0.270. The highest BCUT2D eigenvalue weighted by molar-refractivity contribution is 5.77. The molecule has 1 aliphatic rings. The SMILES string of the molecule is CCc1cccc(-c2[nH]cnc2-c2ccc3c(c2)OCO3)n1. The molecule has 3 aromatic rings. The van der Waals surface area contributed by atoms with Gasteiger partial charge in [0.25, 0.3) is 0 Å². The van der Waals surface area contributed by atoms with Crippen LogP contribution < -0.4 is 9.47 Å². The first kappa shape index (κ1) is 12.9. The van der Waals surface area contributed by atoms with Gasteiger partial charge in [0.2, 0.25) is 6.79 Å². The molecular formula is C17H15N3O2. The van der Waals surface area contributed by atoms with E-state index in [1.807, 2.05) is 36.4 Å². The van der Waals surface area contributed by atoms with Gasteiger partial charge in [0.15, 0.2) is 11.5 Å². The van der Waals surface area contributed by atoms with Gasteiger partial charge in [-0.3, -0.25) is 4.98 Å². The molecular weight excluding hydrogens is 278 g/mol. The largest absolute Gasteiger partial charge is 0.454 e. The van der Waals surface area contributed by atoms with Crippen LogP contribution in [-0.4, -0.2) is 21.7 Å². The van der Waals surface area contributed by atoms with Crippen LogP contribution in [0.4, 0.5) is 0 Å². The van der Waals surface area contributed by atoms with Crippen LogP contribution in [0.15, 0.2) is 42.7 Å². The van der Waals surface area contributed by atoms with Gasteiger partial charge in [-0.05, 0) is 36.8 Å². The molecule has 0 spiro atoms. The van der Waals surface area contributed by atoms with Crippen molar-refractivity contribution in [2.45, 2.75) is 13.3 Å². The highest BCUT2D eigenvalue weighted by atomic mass is 16.7. The molecule has 1 N–H and O–H groups in total. The summed E-state index contributed by atoms with van der Waals surface area (Å²) in [5, 5.41) is 0. The molecule has 3 heterocycles. The van der Waals surface area contributed by atoms with Crippen LogP contribution in [-0.2, 0) is 6.42 Å². The third-order valence-corrected chi connectivity index (χ3v) is 3.71. The molecule has 0 fully saturated rings. The quantitative estimate of drug-likeness (QED) is 0.803.